The number of hydrogen-bond acceptors (Lipinski definition) is 0. The van der Waals surface area contributed by atoms with Crippen LogP contribution in [0.2, 0.25) is 0 Å². The Hall–Kier alpha value is -1.56. The molecular weight excluding hydrogens is 348 g/mol. The van der Waals surface area contributed by atoms with Crippen LogP contribution in [0.3, 0.4) is 0 Å². The van der Waals surface area contributed by atoms with Gasteiger partial charge in [0.25, 0.3) is 0 Å². The molecule has 29 heavy (non-hydrogen) atoms. The Morgan fingerprint density at radius 2 is 0.966 bits per heavy atom. The highest BCUT2D eigenvalue weighted by atomic mass is 14.3. The normalized spacial score (nSPS) is 27.7. The summed E-state index contributed by atoms with van der Waals surface area (Å²) >= 11 is 0. The average Bonchev–Trinajstić information content (AvgIpc) is 2.80. The van der Waals surface area contributed by atoms with Gasteiger partial charge in [-0.3, -0.25) is 0 Å². The van der Waals surface area contributed by atoms with Crippen LogP contribution in [0.25, 0.3) is 11.1 Å². The molecule has 0 radical (unpaired) electrons. The Bertz CT molecular complexity index is 723. The van der Waals surface area contributed by atoms with Crippen molar-refractivity contribution in [2.24, 2.45) is 11.8 Å². The molecule has 0 amide bonds. The molecular formula is C29H40. The van der Waals surface area contributed by atoms with E-state index in [0.29, 0.717) is 0 Å². The van der Waals surface area contributed by atoms with Gasteiger partial charge in [0, 0.05) is 0 Å². The van der Waals surface area contributed by atoms with Crippen LogP contribution in [0.1, 0.15) is 107 Å². The Kier molecular flexibility index (Phi) is 7.11. The molecule has 0 unspecified atom stereocenters. The SMILES string of the molecule is CCCC1CCC(c2ccc(-c3ccc(C4CCC(CC)CC4)cc3)cc2)CC1. The highest BCUT2D eigenvalue weighted by Gasteiger charge is 2.22. The molecule has 2 aromatic carbocycles. The highest BCUT2D eigenvalue weighted by Crippen LogP contribution is 2.39. The number of rotatable bonds is 6. The third kappa shape index (κ3) is 5.14. The smallest absolute Gasteiger partial charge is 0.0162 e. The summed E-state index contributed by atoms with van der Waals surface area (Å²) in [6.45, 7) is 4.68. The maximum atomic E-state index is 2.40. The molecule has 2 saturated carbocycles. The molecule has 0 heterocycles. The van der Waals surface area contributed by atoms with Crippen molar-refractivity contribution in [1.29, 1.82) is 0 Å². The molecule has 2 aliphatic carbocycles. The molecule has 2 aliphatic rings. The molecule has 0 heteroatoms. The van der Waals surface area contributed by atoms with E-state index in [1.807, 2.05) is 0 Å². The van der Waals surface area contributed by atoms with E-state index in [1.54, 1.807) is 11.1 Å². The first-order chi connectivity index (χ1) is 14.3. The van der Waals surface area contributed by atoms with Gasteiger partial charge < -0.3 is 0 Å². The fourth-order valence-electron chi connectivity index (χ4n) is 5.99. The van der Waals surface area contributed by atoms with Gasteiger partial charge in [0.1, 0.15) is 0 Å². The van der Waals surface area contributed by atoms with E-state index >= 15 is 0 Å². The minimum absolute atomic E-state index is 0.789. The van der Waals surface area contributed by atoms with Crippen molar-refractivity contribution >= 4 is 0 Å². The molecule has 0 N–H and O–H groups in total. The first-order valence-electron chi connectivity index (χ1n) is 12.5. The summed E-state index contributed by atoms with van der Waals surface area (Å²) in [6, 6.07) is 19.0. The van der Waals surface area contributed by atoms with Gasteiger partial charge in [-0.15, -0.1) is 0 Å². The first kappa shape index (κ1) is 20.7. The first-order valence-corrected chi connectivity index (χ1v) is 12.5. The maximum absolute atomic E-state index is 2.40. The fraction of sp³-hybridized carbons (Fsp3) is 0.586. The fourth-order valence-corrected chi connectivity index (χ4v) is 5.99. The maximum Gasteiger partial charge on any atom is -0.0162 e. The van der Waals surface area contributed by atoms with Gasteiger partial charge in [-0.1, -0.05) is 81.6 Å². The zero-order chi connectivity index (χ0) is 20.1. The van der Waals surface area contributed by atoms with Gasteiger partial charge >= 0.3 is 0 Å². The molecule has 0 aromatic heterocycles. The second kappa shape index (κ2) is 9.96. The van der Waals surface area contributed by atoms with Gasteiger partial charge in [0.15, 0.2) is 0 Å². The third-order valence-electron chi connectivity index (χ3n) is 8.07. The van der Waals surface area contributed by atoms with Crippen molar-refractivity contribution in [3.8, 4) is 11.1 Å². The summed E-state index contributed by atoms with van der Waals surface area (Å²) in [6.07, 6.45) is 15.4. The second-order valence-electron chi connectivity index (χ2n) is 9.88. The van der Waals surface area contributed by atoms with E-state index in [1.165, 1.54) is 81.8 Å². The largest absolute Gasteiger partial charge is 0.0654 e. The Morgan fingerprint density at radius 1 is 0.552 bits per heavy atom. The van der Waals surface area contributed by atoms with Crippen LogP contribution in [-0.4, -0.2) is 0 Å². The van der Waals surface area contributed by atoms with E-state index in [0.717, 1.165) is 23.7 Å². The zero-order valence-corrected chi connectivity index (χ0v) is 18.7. The van der Waals surface area contributed by atoms with Crippen LogP contribution in [0.15, 0.2) is 48.5 Å². The predicted molar refractivity (Wildman–Crippen MR) is 126 cm³/mol. The quantitative estimate of drug-likeness (QED) is 0.463. The van der Waals surface area contributed by atoms with Gasteiger partial charge in [-0.05, 0) is 97.3 Å². The van der Waals surface area contributed by atoms with E-state index in [9.17, 15) is 0 Å². The Morgan fingerprint density at radius 3 is 1.34 bits per heavy atom. The molecule has 0 bridgehead atoms. The summed E-state index contributed by atoms with van der Waals surface area (Å²) in [5.41, 5.74) is 5.86. The molecule has 0 atom stereocenters. The van der Waals surface area contributed by atoms with Crippen LogP contribution in [0.4, 0.5) is 0 Å². The van der Waals surface area contributed by atoms with Crippen molar-refractivity contribution in [2.75, 3.05) is 0 Å². The standard InChI is InChI=1S/C29H40/c1-3-5-23-8-12-25(13-9-23)27-16-20-29(21-17-27)28-18-14-26(15-19-28)24-10-6-22(4-2)7-11-24/h14-25H,3-13H2,1-2H3. The van der Waals surface area contributed by atoms with E-state index in [-0.39, 0.29) is 0 Å². The van der Waals surface area contributed by atoms with E-state index in [2.05, 4.69) is 62.4 Å². The van der Waals surface area contributed by atoms with Crippen LogP contribution in [0.5, 0.6) is 0 Å². The average molecular weight is 389 g/mol. The molecule has 4 rings (SSSR count). The lowest BCUT2D eigenvalue weighted by atomic mass is 9.77. The van der Waals surface area contributed by atoms with E-state index in [4.69, 9.17) is 0 Å². The van der Waals surface area contributed by atoms with Crippen LogP contribution < -0.4 is 0 Å². The monoisotopic (exact) mass is 388 g/mol. The second-order valence-corrected chi connectivity index (χ2v) is 9.88. The van der Waals surface area contributed by atoms with Crippen molar-refractivity contribution in [2.45, 2.75) is 96.3 Å². The molecule has 0 spiro atoms. The van der Waals surface area contributed by atoms with Gasteiger partial charge in [0.05, 0.1) is 0 Å². The van der Waals surface area contributed by atoms with E-state index < -0.39 is 0 Å². The molecule has 2 fully saturated rings. The van der Waals surface area contributed by atoms with Crippen molar-refractivity contribution in [3.63, 3.8) is 0 Å². The zero-order valence-electron chi connectivity index (χ0n) is 18.7. The highest BCUT2D eigenvalue weighted by molar-refractivity contribution is 5.64. The van der Waals surface area contributed by atoms with Gasteiger partial charge in [-0.2, -0.15) is 0 Å². The summed E-state index contributed by atoms with van der Waals surface area (Å²) in [5.74, 6) is 3.55. The molecule has 2 aromatic rings. The van der Waals surface area contributed by atoms with Crippen molar-refractivity contribution in [3.05, 3.63) is 59.7 Å². The molecule has 0 aliphatic heterocycles. The minimum atomic E-state index is 0.789. The lowest BCUT2D eigenvalue weighted by molar-refractivity contribution is 0.308. The molecule has 0 nitrogen and oxygen atoms in total. The third-order valence-corrected chi connectivity index (χ3v) is 8.07. The summed E-state index contributed by atoms with van der Waals surface area (Å²) in [7, 11) is 0. The minimum Gasteiger partial charge on any atom is -0.0654 e. The van der Waals surface area contributed by atoms with Crippen molar-refractivity contribution in [1.82, 2.24) is 0 Å². The lowest BCUT2D eigenvalue weighted by Gasteiger charge is -2.28. The predicted octanol–water partition coefficient (Wildman–Crippen LogP) is 9.11. The topological polar surface area (TPSA) is 0 Å². The lowest BCUT2D eigenvalue weighted by Crippen LogP contribution is -2.13. The van der Waals surface area contributed by atoms with Crippen LogP contribution in [0, 0.1) is 11.8 Å². The van der Waals surface area contributed by atoms with Crippen LogP contribution >= 0.6 is 0 Å². The summed E-state index contributed by atoms with van der Waals surface area (Å²) < 4.78 is 0. The van der Waals surface area contributed by atoms with Gasteiger partial charge in [-0.25, -0.2) is 0 Å². The van der Waals surface area contributed by atoms with Crippen LogP contribution in [-0.2, 0) is 0 Å². The summed E-state index contributed by atoms with van der Waals surface area (Å²) in [5, 5.41) is 0. The molecule has 156 valence electrons. The van der Waals surface area contributed by atoms with Gasteiger partial charge in [0.2, 0.25) is 0 Å². The Balaban J connectivity index is 1.36. The number of hydrogen-bond donors (Lipinski definition) is 0. The number of benzene rings is 2. The van der Waals surface area contributed by atoms with Crippen molar-refractivity contribution < 1.29 is 0 Å². The molecule has 0 saturated heterocycles. The Labute approximate surface area is 179 Å². The summed E-state index contributed by atoms with van der Waals surface area (Å²) in [4.78, 5) is 0.